The SMILES string of the molecule is CCCC=NC=C[NH2+]C. The Morgan fingerprint density at radius 3 is 2.89 bits per heavy atom. The lowest BCUT2D eigenvalue weighted by molar-refractivity contribution is -0.556. The number of rotatable bonds is 4. The molecule has 0 aliphatic rings. The van der Waals surface area contributed by atoms with Gasteiger partial charge in [-0.15, -0.1) is 0 Å². The molecule has 9 heavy (non-hydrogen) atoms. The van der Waals surface area contributed by atoms with Gasteiger partial charge < -0.3 is 5.32 Å². The average molecular weight is 127 g/mol. The summed E-state index contributed by atoms with van der Waals surface area (Å²) in [4.78, 5) is 4.01. The van der Waals surface area contributed by atoms with Gasteiger partial charge in [0.15, 0.2) is 0 Å². The van der Waals surface area contributed by atoms with Crippen molar-refractivity contribution in [2.75, 3.05) is 7.05 Å². The molecule has 0 bridgehead atoms. The van der Waals surface area contributed by atoms with Crippen molar-refractivity contribution in [2.45, 2.75) is 19.8 Å². The summed E-state index contributed by atoms with van der Waals surface area (Å²) in [6.45, 7) is 2.14. The molecular weight excluding hydrogens is 112 g/mol. The summed E-state index contributed by atoms with van der Waals surface area (Å²) in [5.41, 5.74) is 0. The minimum atomic E-state index is 1.08. The summed E-state index contributed by atoms with van der Waals surface area (Å²) < 4.78 is 0. The van der Waals surface area contributed by atoms with Crippen molar-refractivity contribution in [3.8, 4) is 0 Å². The molecule has 52 valence electrons. The quantitative estimate of drug-likeness (QED) is 0.533. The van der Waals surface area contributed by atoms with Gasteiger partial charge in [0.2, 0.25) is 0 Å². The molecule has 0 aliphatic carbocycles. The average Bonchev–Trinajstić information content (AvgIpc) is 1.89. The summed E-state index contributed by atoms with van der Waals surface area (Å²) in [7, 11) is 1.98. The van der Waals surface area contributed by atoms with E-state index in [2.05, 4.69) is 11.9 Å². The fourth-order valence-electron chi connectivity index (χ4n) is 0.400. The fourth-order valence-corrected chi connectivity index (χ4v) is 0.400. The normalized spacial score (nSPS) is 11.8. The Morgan fingerprint density at radius 1 is 1.56 bits per heavy atom. The number of aliphatic imine (C=N–C) groups is 1. The number of nitrogens with zero attached hydrogens (tertiary/aromatic N) is 1. The van der Waals surface area contributed by atoms with E-state index in [1.807, 2.05) is 24.8 Å². The Hall–Kier alpha value is -0.630. The molecule has 0 fully saturated rings. The molecule has 0 saturated carbocycles. The molecule has 0 rings (SSSR count). The molecule has 0 aromatic carbocycles. The van der Waals surface area contributed by atoms with E-state index >= 15 is 0 Å². The highest BCUT2D eigenvalue weighted by atomic mass is 14.8. The van der Waals surface area contributed by atoms with Crippen LogP contribution in [-0.2, 0) is 0 Å². The molecular formula is C7H15N2+. The maximum absolute atomic E-state index is 4.01. The van der Waals surface area contributed by atoms with Gasteiger partial charge in [-0.2, -0.15) is 0 Å². The largest absolute Gasteiger partial charge is 0.321 e. The van der Waals surface area contributed by atoms with Crippen molar-refractivity contribution in [1.82, 2.24) is 0 Å². The van der Waals surface area contributed by atoms with Crippen LogP contribution in [0.3, 0.4) is 0 Å². The molecule has 2 nitrogen and oxygen atoms in total. The van der Waals surface area contributed by atoms with Gasteiger partial charge in [0.1, 0.15) is 6.20 Å². The third-order valence-corrected chi connectivity index (χ3v) is 0.888. The highest BCUT2D eigenvalue weighted by molar-refractivity contribution is 5.57. The van der Waals surface area contributed by atoms with Crippen molar-refractivity contribution in [2.24, 2.45) is 4.99 Å². The summed E-state index contributed by atoms with van der Waals surface area (Å²) >= 11 is 0. The van der Waals surface area contributed by atoms with Crippen molar-refractivity contribution in [1.29, 1.82) is 0 Å². The van der Waals surface area contributed by atoms with E-state index in [1.54, 1.807) is 6.20 Å². The van der Waals surface area contributed by atoms with Crippen molar-refractivity contribution >= 4 is 6.21 Å². The molecule has 2 heteroatoms. The molecule has 0 amide bonds. The first kappa shape index (κ1) is 8.37. The highest BCUT2D eigenvalue weighted by Gasteiger charge is 1.69. The van der Waals surface area contributed by atoms with Crippen LogP contribution in [0.1, 0.15) is 19.8 Å². The Morgan fingerprint density at radius 2 is 2.33 bits per heavy atom. The minimum absolute atomic E-state index is 1.08. The number of nitrogens with two attached hydrogens (primary N) is 1. The first-order valence-corrected chi connectivity index (χ1v) is 3.38. The third kappa shape index (κ3) is 7.37. The second kappa shape index (κ2) is 7.37. The molecule has 0 aromatic rings. The zero-order valence-electron chi connectivity index (χ0n) is 6.17. The number of quaternary nitrogens is 1. The first-order chi connectivity index (χ1) is 4.41. The maximum Gasteiger partial charge on any atom is 0.111 e. The van der Waals surface area contributed by atoms with Gasteiger partial charge in [-0.25, -0.2) is 0 Å². The lowest BCUT2D eigenvalue weighted by atomic mass is 10.4. The summed E-state index contributed by atoms with van der Waals surface area (Å²) in [6.07, 6.45) is 7.91. The van der Waals surface area contributed by atoms with Crippen molar-refractivity contribution < 1.29 is 5.32 Å². The molecule has 0 aliphatic heterocycles. The van der Waals surface area contributed by atoms with Crippen LogP contribution in [0.5, 0.6) is 0 Å². The van der Waals surface area contributed by atoms with E-state index in [0.29, 0.717) is 0 Å². The van der Waals surface area contributed by atoms with Crippen molar-refractivity contribution in [3.63, 3.8) is 0 Å². The minimum Gasteiger partial charge on any atom is -0.321 e. The van der Waals surface area contributed by atoms with Crippen LogP contribution in [0.4, 0.5) is 0 Å². The van der Waals surface area contributed by atoms with Gasteiger partial charge >= 0.3 is 0 Å². The second-order valence-electron chi connectivity index (χ2n) is 1.80. The Kier molecular flexibility index (Phi) is 6.85. The van der Waals surface area contributed by atoms with E-state index in [1.165, 1.54) is 6.42 Å². The molecule has 2 N–H and O–H groups in total. The molecule has 0 unspecified atom stereocenters. The maximum atomic E-state index is 4.01. The Labute approximate surface area is 56.7 Å². The molecule has 0 radical (unpaired) electrons. The van der Waals surface area contributed by atoms with Crippen LogP contribution in [0.25, 0.3) is 0 Å². The smallest absolute Gasteiger partial charge is 0.111 e. The van der Waals surface area contributed by atoms with E-state index < -0.39 is 0 Å². The van der Waals surface area contributed by atoms with Gasteiger partial charge in [0.05, 0.1) is 13.2 Å². The van der Waals surface area contributed by atoms with Gasteiger partial charge in [-0.05, 0) is 6.42 Å². The van der Waals surface area contributed by atoms with Crippen LogP contribution >= 0.6 is 0 Å². The monoisotopic (exact) mass is 127 g/mol. The number of hydrogen-bond donors (Lipinski definition) is 1. The van der Waals surface area contributed by atoms with E-state index in [0.717, 1.165) is 6.42 Å². The fraction of sp³-hybridized carbons (Fsp3) is 0.571. The van der Waals surface area contributed by atoms with Gasteiger partial charge in [0.25, 0.3) is 0 Å². The molecule has 0 aromatic heterocycles. The standard InChI is InChI=1S/C7H14N2/c1-3-4-5-9-7-6-8-2/h5-8H,3-4H2,1-2H3/p+1. The molecule has 0 heterocycles. The van der Waals surface area contributed by atoms with E-state index in [-0.39, 0.29) is 0 Å². The van der Waals surface area contributed by atoms with Crippen LogP contribution in [0.15, 0.2) is 17.4 Å². The Bertz CT molecular complexity index is 95.1. The van der Waals surface area contributed by atoms with E-state index in [4.69, 9.17) is 0 Å². The lowest BCUT2D eigenvalue weighted by Crippen LogP contribution is -2.72. The predicted molar refractivity (Wildman–Crippen MR) is 40.4 cm³/mol. The predicted octanol–water partition coefficient (Wildman–Crippen LogP) is 0.522. The topological polar surface area (TPSA) is 29.0 Å². The highest BCUT2D eigenvalue weighted by Crippen LogP contribution is 1.80. The second-order valence-corrected chi connectivity index (χ2v) is 1.80. The van der Waals surface area contributed by atoms with Crippen LogP contribution < -0.4 is 5.32 Å². The summed E-state index contributed by atoms with van der Waals surface area (Å²) in [5, 5.41) is 1.96. The van der Waals surface area contributed by atoms with Crippen molar-refractivity contribution in [3.05, 3.63) is 12.4 Å². The van der Waals surface area contributed by atoms with Gasteiger partial charge in [0, 0.05) is 6.21 Å². The zero-order valence-corrected chi connectivity index (χ0v) is 6.17. The summed E-state index contributed by atoms with van der Waals surface area (Å²) in [6, 6.07) is 0. The Balaban J connectivity index is 3.13. The van der Waals surface area contributed by atoms with Crippen LogP contribution in [0.2, 0.25) is 0 Å². The lowest BCUT2D eigenvalue weighted by Gasteiger charge is -1.79. The number of hydrogen-bond acceptors (Lipinski definition) is 1. The van der Waals surface area contributed by atoms with Gasteiger partial charge in [-0.3, -0.25) is 4.99 Å². The van der Waals surface area contributed by atoms with Crippen LogP contribution in [-0.4, -0.2) is 13.3 Å². The third-order valence-electron chi connectivity index (χ3n) is 0.888. The summed E-state index contributed by atoms with van der Waals surface area (Å²) in [5.74, 6) is 0. The molecule has 0 spiro atoms. The molecule has 0 saturated heterocycles. The first-order valence-electron chi connectivity index (χ1n) is 3.38. The molecule has 0 atom stereocenters. The van der Waals surface area contributed by atoms with E-state index in [9.17, 15) is 0 Å². The number of unbranched alkanes of at least 4 members (excludes halogenated alkanes) is 1. The zero-order chi connectivity index (χ0) is 6.95. The van der Waals surface area contributed by atoms with Crippen LogP contribution in [0, 0.1) is 0 Å². The van der Waals surface area contributed by atoms with Gasteiger partial charge in [-0.1, -0.05) is 13.3 Å².